The second-order valence-corrected chi connectivity index (χ2v) is 5.83. The number of H-pyrrole nitrogens is 1. The minimum atomic E-state index is -0.668. The third kappa shape index (κ3) is 2.99. The highest BCUT2D eigenvalue weighted by molar-refractivity contribution is 6.04. The van der Waals surface area contributed by atoms with Crippen molar-refractivity contribution in [3.63, 3.8) is 0 Å². The predicted molar refractivity (Wildman–Crippen MR) is 99.9 cm³/mol. The predicted octanol–water partition coefficient (Wildman–Crippen LogP) is 2.87. The molecule has 27 heavy (non-hydrogen) atoms. The number of hydrogen-bond acceptors (Lipinski definition) is 8. The van der Waals surface area contributed by atoms with Gasteiger partial charge < -0.3 is 10.1 Å². The van der Waals surface area contributed by atoms with Gasteiger partial charge in [-0.1, -0.05) is 18.2 Å². The summed E-state index contributed by atoms with van der Waals surface area (Å²) < 4.78 is 0. The van der Waals surface area contributed by atoms with E-state index in [2.05, 4.69) is 30.7 Å². The minimum absolute atomic E-state index is 0.177. The fourth-order valence-electron chi connectivity index (χ4n) is 2.72. The number of aromatic hydroxyl groups is 1. The van der Waals surface area contributed by atoms with Crippen LogP contribution in [0.15, 0.2) is 41.5 Å². The van der Waals surface area contributed by atoms with Gasteiger partial charge in [-0.25, -0.2) is 5.43 Å². The second kappa shape index (κ2) is 6.33. The Morgan fingerprint density at radius 1 is 1.30 bits per heavy atom. The molecule has 0 saturated carbocycles. The van der Waals surface area contributed by atoms with Crippen LogP contribution in [0.2, 0.25) is 0 Å². The maximum absolute atomic E-state index is 10.8. The lowest BCUT2D eigenvalue weighted by Crippen LogP contribution is -1.99. The average Bonchev–Trinajstić information content (AvgIpc) is 3.02. The first-order chi connectivity index (χ1) is 13.0. The van der Waals surface area contributed by atoms with Crippen LogP contribution in [0.25, 0.3) is 22.1 Å². The molecular weight excluding hydrogens is 350 g/mol. The van der Waals surface area contributed by atoms with Crippen molar-refractivity contribution in [2.45, 2.75) is 6.92 Å². The van der Waals surface area contributed by atoms with Crippen molar-refractivity contribution in [3.8, 4) is 5.75 Å². The summed E-state index contributed by atoms with van der Waals surface area (Å²) in [5.74, 6) is -0.228. The first kappa shape index (κ1) is 16.4. The number of phenols is 1. The maximum atomic E-state index is 10.8. The molecule has 0 aliphatic heterocycles. The quantitative estimate of drug-likeness (QED) is 0.287. The zero-order chi connectivity index (χ0) is 19.0. The molecule has 10 heteroatoms. The van der Waals surface area contributed by atoms with Gasteiger partial charge in [0.15, 0.2) is 11.4 Å². The smallest absolute Gasteiger partial charge is 0.311 e. The Bertz CT molecular complexity index is 1220. The Balaban J connectivity index is 1.60. The van der Waals surface area contributed by atoms with E-state index in [4.69, 9.17) is 0 Å². The molecule has 134 valence electrons. The number of hydrogen-bond donors (Lipinski definition) is 3. The first-order valence-electron chi connectivity index (χ1n) is 7.91. The summed E-state index contributed by atoms with van der Waals surface area (Å²) in [6.07, 6.45) is 1.36. The average molecular weight is 363 g/mol. The van der Waals surface area contributed by atoms with Crippen molar-refractivity contribution in [1.82, 2.24) is 20.2 Å². The van der Waals surface area contributed by atoms with Crippen LogP contribution in [0.3, 0.4) is 0 Å². The Labute approximate surface area is 151 Å². The first-order valence-corrected chi connectivity index (χ1v) is 7.91. The van der Waals surface area contributed by atoms with Crippen molar-refractivity contribution in [1.29, 1.82) is 0 Å². The van der Waals surface area contributed by atoms with Gasteiger partial charge in [0.1, 0.15) is 5.52 Å². The molecule has 2 aromatic heterocycles. The van der Waals surface area contributed by atoms with E-state index >= 15 is 0 Å². The third-order valence-corrected chi connectivity index (χ3v) is 4.03. The van der Waals surface area contributed by atoms with Crippen molar-refractivity contribution in [3.05, 3.63) is 57.6 Å². The van der Waals surface area contributed by atoms with E-state index < -0.39 is 16.4 Å². The van der Waals surface area contributed by atoms with Gasteiger partial charge in [-0.05, 0) is 24.6 Å². The highest BCUT2D eigenvalue weighted by atomic mass is 16.6. The van der Waals surface area contributed by atoms with Crippen LogP contribution >= 0.6 is 0 Å². The lowest BCUT2D eigenvalue weighted by atomic mass is 10.1. The summed E-state index contributed by atoms with van der Waals surface area (Å²) in [6.45, 7) is 1.99. The number of fused-ring (bicyclic) bond motifs is 3. The summed E-state index contributed by atoms with van der Waals surface area (Å²) in [4.78, 5) is 17.7. The normalized spacial score (nSPS) is 11.4. The van der Waals surface area contributed by atoms with Gasteiger partial charge in [0.05, 0.1) is 16.7 Å². The molecule has 0 fully saturated rings. The molecular formula is C17H13N7O3. The SMILES string of the molecule is Cc1cccc2c1[nH]c1nc(NN=Cc3ccc(O)c([N+](=O)[O-])c3)nnc12. The number of aryl methyl sites for hydroxylation is 1. The topological polar surface area (TPSA) is 142 Å². The van der Waals surface area contributed by atoms with E-state index in [9.17, 15) is 15.2 Å². The van der Waals surface area contributed by atoms with Crippen LogP contribution in [0, 0.1) is 17.0 Å². The molecule has 0 saturated heterocycles. The maximum Gasteiger partial charge on any atom is 0.311 e. The highest BCUT2D eigenvalue weighted by Crippen LogP contribution is 2.26. The molecule has 2 heterocycles. The van der Waals surface area contributed by atoms with Crippen LogP contribution in [-0.4, -0.2) is 36.4 Å². The fraction of sp³-hybridized carbons (Fsp3) is 0.0588. The van der Waals surface area contributed by atoms with Gasteiger partial charge in [0.25, 0.3) is 5.95 Å². The van der Waals surface area contributed by atoms with Gasteiger partial charge in [-0.2, -0.15) is 10.1 Å². The summed E-state index contributed by atoms with van der Waals surface area (Å²) in [6, 6.07) is 9.82. The number of nitrogens with one attached hydrogen (secondary N) is 2. The summed E-state index contributed by atoms with van der Waals surface area (Å²) in [5.41, 5.74) is 5.94. The monoisotopic (exact) mass is 363 g/mol. The Morgan fingerprint density at radius 2 is 2.15 bits per heavy atom. The van der Waals surface area contributed by atoms with Crippen LogP contribution in [0.5, 0.6) is 5.75 Å². The largest absolute Gasteiger partial charge is 0.502 e. The van der Waals surface area contributed by atoms with Crippen molar-refractivity contribution in [2.75, 3.05) is 5.43 Å². The second-order valence-electron chi connectivity index (χ2n) is 5.83. The summed E-state index contributed by atoms with van der Waals surface area (Å²) >= 11 is 0. The number of aromatic amines is 1. The Hall–Kier alpha value is -4.08. The molecule has 10 nitrogen and oxygen atoms in total. The van der Waals surface area contributed by atoms with E-state index in [1.807, 2.05) is 25.1 Å². The minimum Gasteiger partial charge on any atom is -0.502 e. The molecule has 3 N–H and O–H groups in total. The third-order valence-electron chi connectivity index (χ3n) is 4.03. The fourth-order valence-corrected chi connectivity index (χ4v) is 2.72. The molecule has 4 rings (SSSR count). The van der Waals surface area contributed by atoms with Crippen LogP contribution < -0.4 is 5.43 Å². The summed E-state index contributed by atoms with van der Waals surface area (Å²) in [7, 11) is 0. The standard InChI is InChI=1S/C17H13N7O3/c1-9-3-2-4-11-14(9)19-16-15(11)21-23-17(20-16)22-18-8-10-5-6-13(25)12(7-10)24(26)27/h2-8,25H,1H3,(H2,19,20,22,23). The molecule has 0 bridgehead atoms. The van der Waals surface area contributed by atoms with Crippen molar-refractivity contribution >= 4 is 39.9 Å². The van der Waals surface area contributed by atoms with Crippen LogP contribution in [-0.2, 0) is 0 Å². The van der Waals surface area contributed by atoms with Crippen molar-refractivity contribution in [2.24, 2.45) is 5.10 Å². The van der Waals surface area contributed by atoms with Gasteiger partial charge >= 0.3 is 5.69 Å². The van der Waals surface area contributed by atoms with E-state index in [0.717, 1.165) is 16.5 Å². The summed E-state index contributed by atoms with van der Waals surface area (Å²) in [5, 5.41) is 33.4. The molecule has 0 aliphatic carbocycles. The lowest BCUT2D eigenvalue weighted by molar-refractivity contribution is -0.385. The number of aromatic nitrogens is 4. The molecule has 0 unspecified atom stereocenters. The Morgan fingerprint density at radius 3 is 2.96 bits per heavy atom. The highest BCUT2D eigenvalue weighted by Gasteiger charge is 2.13. The number of nitro groups is 1. The molecule has 2 aromatic carbocycles. The van der Waals surface area contributed by atoms with Crippen molar-refractivity contribution < 1.29 is 10.0 Å². The van der Waals surface area contributed by atoms with E-state index in [1.165, 1.54) is 24.4 Å². The van der Waals surface area contributed by atoms with Gasteiger partial charge in [0, 0.05) is 17.0 Å². The molecule has 0 spiro atoms. The van der Waals surface area contributed by atoms with Crippen LogP contribution in [0.4, 0.5) is 11.6 Å². The molecule has 0 atom stereocenters. The number of phenolic OH excluding ortho intramolecular Hbond substituents is 1. The number of nitro benzene ring substituents is 1. The number of benzene rings is 2. The number of nitrogens with zero attached hydrogens (tertiary/aromatic N) is 5. The van der Waals surface area contributed by atoms with E-state index in [-0.39, 0.29) is 5.95 Å². The van der Waals surface area contributed by atoms with Gasteiger partial charge in [-0.3, -0.25) is 10.1 Å². The van der Waals surface area contributed by atoms with Gasteiger partial charge in [0.2, 0.25) is 0 Å². The molecule has 4 aromatic rings. The molecule has 0 radical (unpaired) electrons. The van der Waals surface area contributed by atoms with E-state index in [1.54, 1.807) is 0 Å². The number of para-hydroxylation sites is 1. The zero-order valence-electron chi connectivity index (χ0n) is 14.0. The molecule has 0 aliphatic rings. The Kier molecular flexibility index (Phi) is 3.84. The van der Waals surface area contributed by atoms with Gasteiger partial charge in [-0.15, -0.1) is 10.2 Å². The number of hydrazone groups is 1. The lowest BCUT2D eigenvalue weighted by Gasteiger charge is -1.99. The number of anilines is 1. The van der Waals surface area contributed by atoms with Crippen LogP contribution in [0.1, 0.15) is 11.1 Å². The molecule has 0 amide bonds. The van der Waals surface area contributed by atoms with E-state index in [0.29, 0.717) is 16.7 Å². The zero-order valence-corrected chi connectivity index (χ0v) is 14.0. The number of rotatable bonds is 4.